The van der Waals surface area contributed by atoms with E-state index in [0.29, 0.717) is 0 Å². The largest absolute Gasteiger partial charge is 0.155 e. The molecule has 0 atom stereocenters. The smallest absolute Gasteiger partial charge is 0.0145 e. The Kier molecular flexibility index (Phi) is 15.4. The molecule has 14 heavy (non-hydrogen) atoms. The summed E-state index contributed by atoms with van der Waals surface area (Å²) in [6, 6.07) is 0. The summed E-state index contributed by atoms with van der Waals surface area (Å²) in [7, 11) is 0. The second kappa shape index (κ2) is 13.1. The summed E-state index contributed by atoms with van der Waals surface area (Å²) < 4.78 is 0. The normalized spacial score (nSPS) is 11.2. The first-order chi connectivity index (χ1) is 6.70. The highest BCUT2D eigenvalue weighted by atomic mass is 32.2. The number of thioether (sulfide) groups is 1. The van der Waals surface area contributed by atoms with E-state index >= 15 is 0 Å². The number of hydrogen-bond donors (Lipinski definition) is 0. The van der Waals surface area contributed by atoms with Gasteiger partial charge in [0.15, 0.2) is 0 Å². The lowest BCUT2D eigenvalue weighted by molar-refractivity contribution is 0.934. The van der Waals surface area contributed by atoms with Crippen molar-refractivity contribution in [3.63, 3.8) is 0 Å². The van der Waals surface area contributed by atoms with Gasteiger partial charge in [0.05, 0.1) is 0 Å². The molecular weight excluding hydrogens is 188 g/mol. The first kappa shape index (κ1) is 16.5. The molecule has 0 rings (SSSR count). The lowest BCUT2D eigenvalue weighted by Crippen LogP contribution is -1.92. The molecule has 0 unspecified atom stereocenters. The second-order valence-corrected chi connectivity index (χ2v) is 4.93. The standard InChI is InChI=1S/C11H22S.C2H6/c1-5-7-8-11(6-2)9-12-10(3)4;1-2/h8,10H,5-7,9H2,1-4H3;1-2H3/b11-8-;. The molecular formula is C13H28S. The van der Waals surface area contributed by atoms with Gasteiger partial charge in [0.25, 0.3) is 0 Å². The van der Waals surface area contributed by atoms with E-state index in [9.17, 15) is 0 Å². The van der Waals surface area contributed by atoms with Crippen molar-refractivity contribution in [1.29, 1.82) is 0 Å². The fraction of sp³-hybridized carbons (Fsp3) is 0.846. The van der Waals surface area contributed by atoms with E-state index in [1.54, 1.807) is 5.57 Å². The predicted molar refractivity (Wildman–Crippen MR) is 72.2 cm³/mol. The summed E-state index contributed by atoms with van der Waals surface area (Å²) >= 11 is 2.05. The second-order valence-electron chi connectivity index (χ2n) is 3.36. The molecule has 0 aliphatic heterocycles. The van der Waals surface area contributed by atoms with Gasteiger partial charge in [-0.25, -0.2) is 0 Å². The highest BCUT2D eigenvalue weighted by Crippen LogP contribution is 2.16. The molecule has 1 heteroatoms. The quantitative estimate of drug-likeness (QED) is 0.544. The zero-order chi connectivity index (χ0) is 11.4. The minimum atomic E-state index is 0.765. The summed E-state index contributed by atoms with van der Waals surface area (Å²) in [6.45, 7) is 13.0. The molecule has 0 aromatic rings. The minimum Gasteiger partial charge on any atom is -0.155 e. The summed E-state index contributed by atoms with van der Waals surface area (Å²) in [4.78, 5) is 0. The lowest BCUT2D eigenvalue weighted by Gasteiger charge is -2.06. The van der Waals surface area contributed by atoms with Crippen molar-refractivity contribution in [2.45, 2.75) is 66.1 Å². The topological polar surface area (TPSA) is 0 Å². The van der Waals surface area contributed by atoms with Gasteiger partial charge in [-0.3, -0.25) is 0 Å². The average Bonchev–Trinajstić information content (AvgIpc) is 2.21. The maximum absolute atomic E-state index is 2.41. The molecule has 86 valence electrons. The first-order valence-electron chi connectivity index (χ1n) is 6.00. The van der Waals surface area contributed by atoms with Crippen LogP contribution in [0.1, 0.15) is 60.8 Å². The van der Waals surface area contributed by atoms with E-state index in [2.05, 4.69) is 33.8 Å². The Bertz CT molecular complexity index is 125. The van der Waals surface area contributed by atoms with Gasteiger partial charge >= 0.3 is 0 Å². The third kappa shape index (κ3) is 12.1. The summed E-state index contributed by atoms with van der Waals surface area (Å²) in [5.74, 6) is 1.23. The fourth-order valence-electron chi connectivity index (χ4n) is 0.927. The Morgan fingerprint density at radius 2 is 1.79 bits per heavy atom. The number of unbranched alkanes of at least 4 members (excludes halogenated alkanes) is 1. The van der Waals surface area contributed by atoms with E-state index in [4.69, 9.17) is 0 Å². The van der Waals surface area contributed by atoms with Crippen molar-refractivity contribution in [3.05, 3.63) is 11.6 Å². The first-order valence-corrected chi connectivity index (χ1v) is 7.05. The van der Waals surface area contributed by atoms with Crippen LogP contribution >= 0.6 is 11.8 Å². The van der Waals surface area contributed by atoms with Crippen molar-refractivity contribution < 1.29 is 0 Å². The van der Waals surface area contributed by atoms with Crippen LogP contribution in [0, 0.1) is 0 Å². The number of allylic oxidation sites excluding steroid dienone is 1. The van der Waals surface area contributed by atoms with E-state index < -0.39 is 0 Å². The van der Waals surface area contributed by atoms with Crippen molar-refractivity contribution in [2.75, 3.05) is 5.75 Å². The number of rotatable bonds is 6. The van der Waals surface area contributed by atoms with Crippen molar-refractivity contribution >= 4 is 11.8 Å². The highest BCUT2D eigenvalue weighted by Gasteiger charge is 1.97. The lowest BCUT2D eigenvalue weighted by atomic mass is 10.2. The van der Waals surface area contributed by atoms with Crippen LogP contribution in [-0.2, 0) is 0 Å². The molecule has 0 N–H and O–H groups in total. The maximum Gasteiger partial charge on any atom is 0.0145 e. The Morgan fingerprint density at radius 1 is 1.21 bits per heavy atom. The van der Waals surface area contributed by atoms with Crippen LogP contribution in [0.2, 0.25) is 0 Å². The fourth-order valence-corrected chi connectivity index (χ4v) is 1.80. The van der Waals surface area contributed by atoms with Crippen LogP contribution in [0.5, 0.6) is 0 Å². The van der Waals surface area contributed by atoms with Crippen LogP contribution in [0.3, 0.4) is 0 Å². The third-order valence-electron chi connectivity index (χ3n) is 1.78. The molecule has 0 spiro atoms. The molecule has 0 aliphatic rings. The van der Waals surface area contributed by atoms with Crippen LogP contribution in [0.15, 0.2) is 11.6 Å². The molecule has 0 radical (unpaired) electrons. The van der Waals surface area contributed by atoms with Gasteiger partial charge in [0.1, 0.15) is 0 Å². The molecule has 0 aromatic heterocycles. The molecule has 0 bridgehead atoms. The molecule has 0 nitrogen and oxygen atoms in total. The van der Waals surface area contributed by atoms with E-state index in [-0.39, 0.29) is 0 Å². The van der Waals surface area contributed by atoms with E-state index in [0.717, 1.165) is 5.25 Å². The zero-order valence-electron chi connectivity index (χ0n) is 10.9. The van der Waals surface area contributed by atoms with Gasteiger partial charge in [-0.05, 0) is 18.1 Å². The number of hydrogen-bond acceptors (Lipinski definition) is 1. The molecule has 0 heterocycles. The molecule has 0 fully saturated rings. The molecule has 0 aromatic carbocycles. The molecule has 0 saturated carbocycles. The van der Waals surface area contributed by atoms with Crippen molar-refractivity contribution in [2.24, 2.45) is 0 Å². The maximum atomic E-state index is 2.41. The van der Waals surface area contributed by atoms with E-state index in [1.807, 2.05) is 25.6 Å². The average molecular weight is 216 g/mol. The molecule has 0 saturated heterocycles. The summed E-state index contributed by atoms with van der Waals surface area (Å²) in [5.41, 5.74) is 1.62. The van der Waals surface area contributed by atoms with Crippen LogP contribution in [0.4, 0.5) is 0 Å². The third-order valence-corrected chi connectivity index (χ3v) is 2.98. The van der Waals surface area contributed by atoms with Crippen LogP contribution in [-0.4, -0.2) is 11.0 Å². The Morgan fingerprint density at radius 3 is 2.14 bits per heavy atom. The SMILES string of the molecule is CC.CCC/C=C(/CC)CSC(C)C. The van der Waals surface area contributed by atoms with Gasteiger partial charge in [0, 0.05) is 5.75 Å². The summed E-state index contributed by atoms with van der Waals surface area (Å²) in [5, 5.41) is 0.765. The van der Waals surface area contributed by atoms with Gasteiger partial charge in [-0.1, -0.05) is 59.6 Å². The van der Waals surface area contributed by atoms with Crippen LogP contribution in [0.25, 0.3) is 0 Å². The minimum absolute atomic E-state index is 0.765. The predicted octanol–water partition coefficient (Wildman–Crippen LogP) is 5.29. The van der Waals surface area contributed by atoms with Gasteiger partial charge in [0.2, 0.25) is 0 Å². The highest BCUT2D eigenvalue weighted by molar-refractivity contribution is 8.00. The summed E-state index contributed by atoms with van der Waals surface area (Å²) in [6.07, 6.45) is 6.16. The Balaban J connectivity index is 0. The van der Waals surface area contributed by atoms with Gasteiger partial charge in [-0.15, -0.1) is 0 Å². The van der Waals surface area contributed by atoms with Crippen LogP contribution < -0.4 is 0 Å². The van der Waals surface area contributed by atoms with Gasteiger partial charge in [-0.2, -0.15) is 11.8 Å². The zero-order valence-corrected chi connectivity index (χ0v) is 11.7. The van der Waals surface area contributed by atoms with Gasteiger partial charge < -0.3 is 0 Å². The molecule has 0 aliphatic carbocycles. The van der Waals surface area contributed by atoms with Crippen molar-refractivity contribution in [3.8, 4) is 0 Å². The monoisotopic (exact) mass is 216 g/mol. The van der Waals surface area contributed by atoms with E-state index in [1.165, 1.54) is 25.0 Å². The Hall–Kier alpha value is 0.0900. The molecule has 0 amide bonds. The Labute approximate surface area is 95.6 Å². The van der Waals surface area contributed by atoms with Crippen molar-refractivity contribution in [1.82, 2.24) is 0 Å².